The molecular weight excluding hydrogens is 430 g/mol. The summed E-state index contributed by atoms with van der Waals surface area (Å²) in [6.45, 7) is -0.0823. The number of nitrogens with zero attached hydrogens (tertiary/aromatic N) is 2. The second-order valence-electron chi connectivity index (χ2n) is 7.17. The van der Waals surface area contributed by atoms with Gasteiger partial charge in [0.15, 0.2) is 0 Å². The standard InChI is InChI=1S/C23H15N3O5S/c27-20-19-17(8-9-32-19)24-18(25-20)12-31-23(30)14-6-7-15-16(10-14)22(29)26(21(15)28)11-13-4-2-1-3-5-13/h1-10H,11-12H2,(H,24,25,27). The minimum atomic E-state index is -0.692. The number of rotatable bonds is 5. The first-order chi connectivity index (χ1) is 15.5. The molecule has 5 rings (SSSR count). The van der Waals surface area contributed by atoms with Gasteiger partial charge in [-0.1, -0.05) is 30.3 Å². The predicted molar refractivity (Wildman–Crippen MR) is 116 cm³/mol. The maximum absolute atomic E-state index is 12.8. The highest BCUT2D eigenvalue weighted by molar-refractivity contribution is 7.17. The first kappa shape index (κ1) is 19.8. The molecule has 0 radical (unpaired) electrons. The Labute approximate surface area is 185 Å². The highest BCUT2D eigenvalue weighted by atomic mass is 32.1. The molecule has 1 aliphatic heterocycles. The number of H-pyrrole nitrogens is 1. The van der Waals surface area contributed by atoms with E-state index in [1.165, 1.54) is 29.5 Å². The zero-order chi connectivity index (χ0) is 22.2. The Morgan fingerprint density at radius 1 is 1.00 bits per heavy atom. The van der Waals surface area contributed by atoms with Crippen LogP contribution in [0.15, 0.2) is 64.8 Å². The number of carbonyl (C=O) groups excluding carboxylic acids is 3. The molecule has 9 heteroatoms. The fourth-order valence-corrected chi connectivity index (χ4v) is 4.26. The average molecular weight is 445 g/mol. The van der Waals surface area contributed by atoms with Crippen molar-refractivity contribution in [3.63, 3.8) is 0 Å². The molecule has 158 valence electrons. The van der Waals surface area contributed by atoms with Crippen molar-refractivity contribution in [2.24, 2.45) is 0 Å². The molecular formula is C23H15N3O5S. The number of amides is 2. The number of hydrogen-bond donors (Lipinski definition) is 1. The normalized spacial score (nSPS) is 12.9. The maximum atomic E-state index is 12.8. The highest BCUT2D eigenvalue weighted by Crippen LogP contribution is 2.26. The van der Waals surface area contributed by atoms with Crippen LogP contribution in [0.2, 0.25) is 0 Å². The molecule has 2 aromatic heterocycles. The number of esters is 1. The van der Waals surface area contributed by atoms with E-state index in [-0.39, 0.29) is 41.2 Å². The number of aromatic nitrogens is 2. The summed E-state index contributed by atoms with van der Waals surface area (Å²) in [6, 6.07) is 15.2. The van der Waals surface area contributed by atoms with E-state index in [0.717, 1.165) is 10.5 Å². The molecule has 4 aromatic rings. The smallest absolute Gasteiger partial charge is 0.338 e. The number of hydrogen-bond acceptors (Lipinski definition) is 7. The Hall–Kier alpha value is -4.11. The van der Waals surface area contributed by atoms with Crippen LogP contribution in [0, 0.1) is 0 Å². The third-order valence-electron chi connectivity index (χ3n) is 5.09. The molecule has 0 spiro atoms. The van der Waals surface area contributed by atoms with Crippen molar-refractivity contribution < 1.29 is 19.1 Å². The Kier molecular flexibility index (Phi) is 4.87. The summed E-state index contributed by atoms with van der Waals surface area (Å²) in [6.07, 6.45) is 0. The molecule has 0 fully saturated rings. The van der Waals surface area contributed by atoms with Gasteiger partial charge in [0.25, 0.3) is 17.4 Å². The second kappa shape index (κ2) is 7.86. The zero-order valence-corrected chi connectivity index (χ0v) is 17.3. The Balaban J connectivity index is 1.33. The molecule has 1 aliphatic rings. The van der Waals surface area contributed by atoms with E-state index in [4.69, 9.17) is 4.74 Å². The summed E-state index contributed by atoms with van der Waals surface area (Å²) in [5, 5.41) is 1.76. The average Bonchev–Trinajstić information content (AvgIpc) is 3.37. The molecule has 0 bridgehead atoms. The number of carbonyl (C=O) groups is 3. The molecule has 0 atom stereocenters. The van der Waals surface area contributed by atoms with Gasteiger partial charge >= 0.3 is 5.97 Å². The number of benzene rings is 2. The van der Waals surface area contributed by atoms with Crippen LogP contribution in [0.1, 0.15) is 42.5 Å². The van der Waals surface area contributed by atoms with Crippen LogP contribution >= 0.6 is 11.3 Å². The maximum Gasteiger partial charge on any atom is 0.338 e. The Bertz CT molecular complexity index is 1440. The van der Waals surface area contributed by atoms with Gasteiger partial charge in [0.1, 0.15) is 17.1 Å². The minimum Gasteiger partial charge on any atom is -0.454 e. The molecule has 2 aromatic carbocycles. The Morgan fingerprint density at radius 3 is 2.59 bits per heavy atom. The van der Waals surface area contributed by atoms with Crippen molar-refractivity contribution in [3.8, 4) is 0 Å². The van der Waals surface area contributed by atoms with Crippen molar-refractivity contribution in [2.45, 2.75) is 13.2 Å². The van der Waals surface area contributed by atoms with Crippen molar-refractivity contribution in [2.75, 3.05) is 0 Å². The van der Waals surface area contributed by atoms with E-state index >= 15 is 0 Å². The van der Waals surface area contributed by atoms with E-state index in [1.54, 1.807) is 11.4 Å². The van der Waals surface area contributed by atoms with Gasteiger partial charge in [-0.05, 0) is 35.2 Å². The second-order valence-corrected chi connectivity index (χ2v) is 8.08. The number of nitrogens with one attached hydrogen (secondary N) is 1. The van der Waals surface area contributed by atoms with Crippen molar-refractivity contribution in [1.82, 2.24) is 14.9 Å². The van der Waals surface area contributed by atoms with Gasteiger partial charge in [0.05, 0.1) is 28.8 Å². The lowest BCUT2D eigenvalue weighted by Gasteiger charge is -2.13. The number of imide groups is 1. The summed E-state index contributed by atoms with van der Waals surface area (Å²) in [5.74, 6) is -1.34. The third-order valence-corrected chi connectivity index (χ3v) is 6.00. The fraction of sp³-hybridized carbons (Fsp3) is 0.0870. The topological polar surface area (TPSA) is 109 Å². The van der Waals surface area contributed by atoms with Gasteiger partial charge < -0.3 is 9.72 Å². The third kappa shape index (κ3) is 3.48. The predicted octanol–water partition coefficient (Wildman–Crippen LogP) is 3.14. The van der Waals surface area contributed by atoms with E-state index in [1.807, 2.05) is 30.3 Å². The van der Waals surface area contributed by atoms with Crippen LogP contribution in [0.4, 0.5) is 0 Å². The van der Waals surface area contributed by atoms with Crippen molar-refractivity contribution >= 4 is 39.3 Å². The summed E-state index contributed by atoms with van der Waals surface area (Å²) >= 11 is 1.28. The van der Waals surface area contributed by atoms with E-state index in [0.29, 0.717) is 10.2 Å². The van der Waals surface area contributed by atoms with Gasteiger partial charge in [-0.25, -0.2) is 9.78 Å². The molecule has 1 N–H and O–H groups in total. The SMILES string of the molecule is O=C(OCc1nc2ccsc2c(=O)[nH]1)c1ccc2c(c1)C(=O)N(Cc1ccccc1)C2=O. The van der Waals surface area contributed by atoms with Gasteiger partial charge in [-0.15, -0.1) is 11.3 Å². The lowest BCUT2D eigenvalue weighted by atomic mass is 10.1. The lowest BCUT2D eigenvalue weighted by molar-refractivity contribution is 0.0462. The first-order valence-corrected chi connectivity index (χ1v) is 10.6. The molecule has 32 heavy (non-hydrogen) atoms. The number of aromatic amines is 1. The largest absolute Gasteiger partial charge is 0.454 e. The van der Waals surface area contributed by atoms with Crippen LogP contribution in [-0.4, -0.2) is 32.7 Å². The molecule has 0 unspecified atom stereocenters. The Morgan fingerprint density at radius 2 is 1.78 bits per heavy atom. The highest BCUT2D eigenvalue weighted by Gasteiger charge is 2.36. The quantitative estimate of drug-likeness (QED) is 0.373. The number of ether oxygens (including phenoxy) is 1. The van der Waals surface area contributed by atoms with Gasteiger partial charge in [0, 0.05) is 0 Å². The van der Waals surface area contributed by atoms with Crippen molar-refractivity contribution in [1.29, 1.82) is 0 Å². The van der Waals surface area contributed by atoms with Crippen LogP contribution in [0.5, 0.6) is 0 Å². The van der Waals surface area contributed by atoms with Crippen molar-refractivity contribution in [3.05, 3.63) is 98.4 Å². The molecule has 2 amide bonds. The number of fused-ring (bicyclic) bond motifs is 2. The summed E-state index contributed by atoms with van der Waals surface area (Å²) in [7, 11) is 0. The van der Waals surface area contributed by atoms with E-state index in [9.17, 15) is 19.2 Å². The van der Waals surface area contributed by atoms with Gasteiger partial charge in [-0.2, -0.15) is 0 Å². The minimum absolute atomic E-state index is 0.130. The monoisotopic (exact) mass is 445 g/mol. The molecule has 8 nitrogen and oxygen atoms in total. The van der Waals surface area contributed by atoms with Crippen LogP contribution in [0.3, 0.4) is 0 Å². The molecule has 0 saturated carbocycles. The molecule has 0 aliphatic carbocycles. The van der Waals surface area contributed by atoms with Crippen LogP contribution < -0.4 is 5.56 Å². The molecule has 0 saturated heterocycles. The molecule has 3 heterocycles. The van der Waals surface area contributed by atoms with Gasteiger partial charge in [0.2, 0.25) is 0 Å². The summed E-state index contributed by atoms with van der Waals surface area (Å²) in [4.78, 5) is 58.0. The van der Waals surface area contributed by atoms with Crippen LogP contribution in [0.25, 0.3) is 10.2 Å². The van der Waals surface area contributed by atoms with Crippen LogP contribution in [-0.2, 0) is 17.9 Å². The van der Waals surface area contributed by atoms with Gasteiger partial charge in [-0.3, -0.25) is 19.3 Å². The van der Waals surface area contributed by atoms with E-state index < -0.39 is 17.8 Å². The number of thiophene rings is 1. The zero-order valence-electron chi connectivity index (χ0n) is 16.5. The first-order valence-electron chi connectivity index (χ1n) is 9.69. The van der Waals surface area contributed by atoms with E-state index in [2.05, 4.69) is 9.97 Å². The fourth-order valence-electron chi connectivity index (χ4n) is 3.53. The summed E-state index contributed by atoms with van der Waals surface area (Å²) in [5.41, 5.74) is 1.60. The lowest BCUT2D eigenvalue weighted by Crippen LogP contribution is -2.29. The summed E-state index contributed by atoms with van der Waals surface area (Å²) < 4.78 is 5.76.